The summed E-state index contributed by atoms with van der Waals surface area (Å²) < 4.78 is 4.71. The van der Waals surface area contributed by atoms with Crippen LogP contribution in [0, 0.1) is 22.7 Å². The second-order valence-electron chi connectivity index (χ2n) is 5.73. The van der Waals surface area contributed by atoms with Crippen LogP contribution in [0.3, 0.4) is 0 Å². The highest BCUT2D eigenvalue weighted by atomic mass is 16.6. The van der Waals surface area contributed by atoms with Gasteiger partial charge in [0.1, 0.15) is 0 Å². The summed E-state index contributed by atoms with van der Waals surface area (Å²) in [6.45, 7) is 0. The molecule has 0 bridgehead atoms. The Balaban J connectivity index is 1.70. The number of rotatable bonds is 4. The summed E-state index contributed by atoms with van der Waals surface area (Å²) >= 11 is 0. The number of fused-ring (bicyclic) bond motifs is 1. The summed E-state index contributed by atoms with van der Waals surface area (Å²) in [6.07, 6.45) is 0.486. The van der Waals surface area contributed by atoms with E-state index in [4.69, 9.17) is 15.2 Å². The second kappa shape index (κ2) is 6.90. The van der Waals surface area contributed by atoms with Gasteiger partial charge >= 0.3 is 0 Å². The SMILES string of the molecule is N#Cc1ccc(Cc2nc3nonc3nc2Nc2ccc(C#N)cc2)cc1. The molecule has 0 saturated heterocycles. The molecule has 0 spiro atoms. The average molecular weight is 353 g/mol. The van der Waals surface area contributed by atoms with E-state index in [2.05, 4.69) is 37.7 Å². The quantitative estimate of drug-likeness (QED) is 0.593. The van der Waals surface area contributed by atoms with Crippen molar-refractivity contribution in [3.05, 3.63) is 70.9 Å². The van der Waals surface area contributed by atoms with Crippen LogP contribution in [0.2, 0.25) is 0 Å². The van der Waals surface area contributed by atoms with Crippen LogP contribution >= 0.6 is 0 Å². The molecule has 2 heterocycles. The first kappa shape index (κ1) is 16.2. The van der Waals surface area contributed by atoms with Crippen molar-refractivity contribution in [2.45, 2.75) is 6.42 Å². The highest BCUT2D eigenvalue weighted by Gasteiger charge is 2.14. The van der Waals surface area contributed by atoms with Crippen molar-refractivity contribution in [2.75, 3.05) is 5.32 Å². The summed E-state index contributed by atoms with van der Waals surface area (Å²) in [5, 5.41) is 28.5. The topological polar surface area (TPSA) is 124 Å². The zero-order valence-corrected chi connectivity index (χ0v) is 13.9. The zero-order chi connectivity index (χ0) is 18.6. The first-order valence-electron chi connectivity index (χ1n) is 8.00. The monoisotopic (exact) mass is 353 g/mol. The van der Waals surface area contributed by atoms with Gasteiger partial charge in [0.2, 0.25) is 11.3 Å². The summed E-state index contributed by atoms with van der Waals surface area (Å²) in [6, 6.07) is 18.4. The molecule has 4 aromatic rings. The van der Waals surface area contributed by atoms with Crippen LogP contribution in [0.15, 0.2) is 53.2 Å². The smallest absolute Gasteiger partial charge is 0.245 e. The number of aromatic nitrogens is 4. The van der Waals surface area contributed by atoms with Gasteiger partial charge in [0, 0.05) is 12.1 Å². The molecule has 0 radical (unpaired) electrons. The third kappa shape index (κ3) is 3.41. The summed E-state index contributed by atoms with van der Waals surface area (Å²) in [7, 11) is 0. The van der Waals surface area contributed by atoms with Gasteiger partial charge in [-0.3, -0.25) is 0 Å². The van der Waals surface area contributed by atoms with Crippen molar-refractivity contribution >= 4 is 22.8 Å². The Morgan fingerprint density at radius 3 is 2.04 bits per heavy atom. The first-order chi connectivity index (χ1) is 13.2. The fraction of sp³-hybridized carbons (Fsp3) is 0.0526. The van der Waals surface area contributed by atoms with Crippen LogP contribution in [-0.4, -0.2) is 20.3 Å². The molecule has 0 aliphatic carbocycles. The molecule has 0 aliphatic heterocycles. The van der Waals surface area contributed by atoms with Crippen molar-refractivity contribution in [1.29, 1.82) is 10.5 Å². The average Bonchev–Trinajstić information content (AvgIpc) is 3.16. The van der Waals surface area contributed by atoms with E-state index in [0.717, 1.165) is 11.3 Å². The lowest BCUT2D eigenvalue weighted by molar-refractivity contribution is 0.314. The maximum atomic E-state index is 8.93. The molecule has 2 aromatic carbocycles. The third-order valence-corrected chi connectivity index (χ3v) is 3.92. The predicted octanol–water partition coefficient (Wildman–Crippen LogP) is 3.09. The number of anilines is 2. The minimum absolute atomic E-state index is 0.301. The number of nitriles is 2. The van der Waals surface area contributed by atoms with Gasteiger partial charge in [0.05, 0.1) is 29.0 Å². The van der Waals surface area contributed by atoms with Crippen LogP contribution in [0.1, 0.15) is 22.4 Å². The van der Waals surface area contributed by atoms with E-state index >= 15 is 0 Å². The predicted molar refractivity (Wildman–Crippen MR) is 95.8 cm³/mol. The van der Waals surface area contributed by atoms with Crippen LogP contribution in [-0.2, 0) is 6.42 Å². The van der Waals surface area contributed by atoms with Gasteiger partial charge in [-0.1, -0.05) is 12.1 Å². The molecule has 1 N–H and O–H groups in total. The Bertz CT molecular complexity index is 1090. The number of hydrogen-bond acceptors (Lipinski definition) is 8. The summed E-state index contributed by atoms with van der Waals surface area (Å²) in [5.74, 6) is 0.521. The Hall–Kier alpha value is -4.30. The molecule has 0 atom stereocenters. The third-order valence-electron chi connectivity index (χ3n) is 3.92. The van der Waals surface area contributed by atoms with Crippen molar-refractivity contribution < 1.29 is 4.63 Å². The molecular formula is C19H11N7O. The summed E-state index contributed by atoms with van der Waals surface area (Å²) in [5.41, 5.74) is 4.19. The zero-order valence-electron chi connectivity index (χ0n) is 13.9. The number of benzene rings is 2. The molecule has 128 valence electrons. The maximum Gasteiger partial charge on any atom is 0.245 e. The van der Waals surface area contributed by atoms with E-state index in [1.807, 2.05) is 12.1 Å². The molecule has 0 fully saturated rings. The van der Waals surface area contributed by atoms with E-state index in [1.54, 1.807) is 36.4 Å². The Kier molecular flexibility index (Phi) is 4.14. The first-order valence-corrected chi connectivity index (χ1v) is 8.00. The molecule has 8 nitrogen and oxygen atoms in total. The molecule has 0 unspecified atom stereocenters. The molecule has 2 aromatic heterocycles. The number of hydrogen-bond donors (Lipinski definition) is 1. The van der Waals surface area contributed by atoms with Gasteiger partial charge in [-0.2, -0.15) is 10.5 Å². The molecule has 8 heteroatoms. The fourth-order valence-electron chi connectivity index (χ4n) is 2.55. The molecule has 27 heavy (non-hydrogen) atoms. The van der Waals surface area contributed by atoms with Crippen LogP contribution in [0.25, 0.3) is 11.3 Å². The van der Waals surface area contributed by atoms with E-state index in [1.165, 1.54) is 0 Å². The number of nitrogens with zero attached hydrogens (tertiary/aromatic N) is 6. The lowest BCUT2D eigenvalue weighted by Crippen LogP contribution is -2.04. The van der Waals surface area contributed by atoms with Crippen molar-refractivity contribution in [3.63, 3.8) is 0 Å². The largest absolute Gasteiger partial charge is 0.339 e. The second-order valence-corrected chi connectivity index (χ2v) is 5.73. The van der Waals surface area contributed by atoms with Gasteiger partial charge in [-0.15, -0.1) is 0 Å². The Labute approximate surface area is 153 Å². The van der Waals surface area contributed by atoms with Crippen molar-refractivity contribution in [1.82, 2.24) is 20.3 Å². The fourth-order valence-corrected chi connectivity index (χ4v) is 2.55. The Morgan fingerprint density at radius 1 is 0.815 bits per heavy atom. The minimum atomic E-state index is 0.301. The number of nitrogens with one attached hydrogen (secondary N) is 1. The normalized spacial score (nSPS) is 10.3. The standard InChI is InChI=1S/C19H11N7O/c20-10-13-3-1-12(2-4-13)9-16-17(24-19-18(23-16)25-27-26-19)22-15-7-5-14(11-21)6-8-15/h1-8H,9H2,(H,22,24,26). The van der Waals surface area contributed by atoms with E-state index < -0.39 is 0 Å². The van der Waals surface area contributed by atoms with Gasteiger partial charge in [0.15, 0.2) is 5.82 Å². The molecule has 4 rings (SSSR count). The summed E-state index contributed by atoms with van der Waals surface area (Å²) in [4.78, 5) is 8.94. The van der Waals surface area contributed by atoms with E-state index in [0.29, 0.717) is 40.4 Å². The Morgan fingerprint density at radius 2 is 1.41 bits per heavy atom. The van der Waals surface area contributed by atoms with Gasteiger partial charge in [-0.05, 0) is 52.3 Å². The lowest BCUT2D eigenvalue weighted by Gasteiger charge is -2.10. The van der Waals surface area contributed by atoms with E-state index in [-0.39, 0.29) is 0 Å². The van der Waals surface area contributed by atoms with Crippen molar-refractivity contribution in [2.24, 2.45) is 0 Å². The molecule has 0 saturated carbocycles. The maximum absolute atomic E-state index is 8.93. The highest BCUT2D eigenvalue weighted by Crippen LogP contribution is 2.22. The molecule has 0 aliphatic rings. The van der Waals surface area contributed by atoms with Gasteiger partial charge in [-0.25, -0.2) is 14.6 Å². The van der Waals surface area contributed by atoms with Crippen LogP contribution in [0.5, 0.6) is 0 Å². The van der Waals surface area contributed by atoms with Gasteiger partial charge < -0.3 is 5.32 Å². The lowest BCUT2D eigenvalue weighted by atomic mass is 10.1. The van der Waals surface area contributed by atoms with Crippen LogP contribution in [0.4, 0.5) is 11.5 Å². The van der Waals surface area contributed by atoms with Crippen LogP contribution < -0.4 is 5.32 Å². The van der Waals surface area contributed by atoms with E-state index in [9.17, 15) is 0 Å². The van der Waals surface area contributed by atoms with Gasteiger partial charge in [0.25, 0.3) is 0 Å². The minimum Gasteiger partial charge on any atom is -0.339 e. The highest BCUT2D eigenvalue weighted by molar-refractivity contribution is 5.70. The molecule has 0 amide bonds. The molecular weight excluding hydrogens is 342 g/mol. The van der Waals surface area contributed by atoms with Crippen molar-refractivity contribution in [3.8, 4) is 12.1 Å².